The Kier molecular flexibility index (Phi) is 4.27. The van der Waals surface area contributed by atoms with Crippen LogP contribution in [0.2, 0.25) is 0 Å². The van der Waals surface area contributed by atoms with Crippen LogP contribution in [0, 0.1) is 11.8 Å². The summed E-state index contributed by atoms with van der Waals surface area (Å²) >= 11 is 1.58. The summed E-state index contributed by atoms with van der Waals surface area (Å²) in [6.45, 7) is 3.93. The minimum Gasteiger partial charge on any atom is -0.403 e. The fourth-order valence-electron chi connectivity index (χ4n) is 1.45. The first-order chi connectivity index (χ1) is 7.65. The van der Waals surface area contributed by atoms with E-state index < -0.39 is 0 Å². The van der Waals surface area contributed by atoms with Gasteiger partial charge in [-0.25, -0.2) is 0 Å². The molecule has 0 saturated heterocycles. The van der Waals surface area contributed by atoms with E-state index in [0.29, 0.717) is 11.4 Å². The van der Waals surface area contributed by atoms with E-state index in [-0.39, 0.29) is 0 Å². The first kappa shape index (κ1) is 12.5. The number of nitrogen functional groups attached to an aromatic ring is 1. The number of nitrogens with two attached hydrogens (primary N) is 3. The van der Waals surface area contributed by atoms with Crippen molar-refractivity contribution in [3.05, 3.63) is 21.5 Å². The lowest BCUT2D eigenvalue weighted by Crippen LogP contribution is -2.00. The third-order valence-corrected chi connectivity index (χ3v) is 3.50. The highest BCUT2D eigenvalue weighted by Gasteiger charge is 2.15. The van der Waals surface area contributed by atoms with E-state index in [2.05, 4.69) is 18.8 Å². The number of rotatable bonds is 3. The summed E-state index contributed by atoms with van der Waals surface area (Å²) in [4.78, 5) is 2.03. The summed E-state index contributed by atoms with van der Waals surface area (Å²) in [5.41, 5.74) is 19.3. The van der Waals surface area contributed by atoms with Gasteiger partial charge in [-0.15, -0.1) is 17.3 Å². The Morgan fingerprint density at radius 2 is 2.19 bits per heavy atom. The molecule has 0 radical (unpaired) electrons. The van der Waals surface area contributed by atoms with Gasteiger partial charge >= 0.3 is 0 Å². The van der Waals surface area contributed by atoms with Gasteiger partial charge in [0.2, 0.25) is 0 Å². The highest BCUT2D eigenvalue weighted by molar-refractivity contribution is 7.14. The molecule has 6 N–H and O–H groups in total. The monoisotopic (exact) mass is 235 g/mol. The summed E-state index contributed by atoms with van der Waals surface area (Å²) < 4.78 is 0. The van der Waals surface area contributed by atoms with Crippen LogP contribution in [0.15, 0.2) is 6.20 Å². The van der Waals surface area contributed by atoms with E-state index >= 15 is 0 Å². The van der Waals surface area contributed by atoms with Gasteiger partial charge in [0, 0.05) is 11.1 Å². The minimum atomic E-state index is 0.518. The molecule has 86 valence electrons. The molecule has 0 fully saturated rings. The molecule has 0 aliphatic heterocycles. The van der Waals surface area contributed by atoms with Crippen LogP contribution in [-0.4, -0.2) is 0 Å². The molecule has 0 amide bonds. The van der Waals surface area contributed by atoms with Gasteiger partial charge in [0.25, 0.3) is 0 Å². The number of aryl methyl sites for hydroxylation is 1. The smallest absolute Gasteiger partial charge is 0.0760 e. The Morgan fingerprint density at radius 1 is 1.50 bits per heavy atom. The van der Waals surface area contributed by atoms with Crippen molar-refractivity contribution >= 4 is 22.7 Å². The normalized spacial score (nSPS) is 11.0. The number of thiophene rings is 1. The molecule has 0 bridgehead atoms. The molecule has 0 aromatic carbocycles. The van der Waals surface area contributed by atoms with Gasteiger partial charge in [0.1, 0.15) is 0 Å². The Bertz CT molecular complexity index is 461. The molecule has 1 aromatic heterocycles. The van der Waals surface area contributed by atoms with Crippen molar-refractivity contribution in [2.24, 2.45) is 11.5 Å². The van der Waals surface area contributed by atoms with Gasteiger partial charge in [0.05, 0.1) is 21.8 Å². The molecule has 1 aromatic rings. The Balaban J connectivity index is 3.33. The average Bonchev–Trinajstić information content (AvgIpc) is 2.58. The zero-order valence-electron chi connectivity index (χ0n) is 9.63. The zero-order valence-corrected chi connectivity index (χ0v) is 10.4. The quantitative estimate of drug-likeness (QED) is 0.700. The van der Waals surface area contributed by atoms with Crippen LogP contribution < -0.4 is 17.2 Å². The van der Waals surface area contributed by atoms with Gasteiger partial charge in [0.15, 0.2) is 0 Å². The second-order valence-electron chi connectivity index (χ2n) is 3.39. The SMILES string of the molecule is CC#Cc1c(CCC)sc(/C(N)=C\N)c1N. The van der Waals surface area contributed by atoms with Crippen molar-refractivity contribution in [2.75, 3.05) is 5.73 Å². The molecule has 0 spiro atoms. The predicted molar refractivity (Wildman–Crippen MR) is 71.6 cm³/mol. The maximum absolute atomic E-state index is 6.03. The molecule has 0 unspecified atom stereocenters. The van der Waals surface area contributed by atoms with Crippen LogP contribution in [0.3, 0.4) is 0 Å². The second-order valence-corrected chi connectivity index (χ2v) is 4.50. The van der Waals surface area contributed by atoms with E-state index in [1.807, 2.05) is 0 Å². The van der Waals surface area contributed by atoms with Crippen molar-refractivity contribution in [1.29, 1.82) is 0 Å². The standard InChI is InChI=1S/C12H17N3S/c1-3-5-8-10(6-4-2)16-12(11(8)15)9(14)7-13/h7H,4,6,13-15H2,1-2H3/b9-7+. The number of hydrogen-bond acceptors (Lipinski definition) is 4. The lowest BCUT2D eigenvalue weighted by Gasteiger charge is -1.97. The molecule has 0 atom stereocenters. The fourth-order valence-corrected chi connectivity index (χ4v) is 2.66. The van der Waals surface area contributed by atoms with Gasteiger partial charge in [-0.2, -0.15) is 0 Å². The lowest BCUT2D eigenvalue weighted by molar-refractivity contribution is 0.938. The largest absolute Gasteiger partial charge is 0.403 e. The summed E-state index contributed by atoms with van der Waals surface area (Å²) in [6, 6.07) is 0. The fraction of sp³-hybridized carbons (Fsp3) is 0.333. The molecule has 1 heterocycles. The highest BCUT2D eigenvalue weighted by atomic mass is 32.1. The lowest BCUT2D eigenvalue weighted by atomic mass is 10.1. The summed E-state index contributed by atoms with van der Waals surface area (Å²) in [5, 5.41) is 0. The molecular formula is C12H17N3S. The minimum absolute atomic E-state index is 0.518. The predicted octanol–water partition coefficient (Wildman–Crippen LogP) is 1.87. The molecule has 0 aliphatic carbocycles. The topological polar surface area (TPSA) is 78.1 Å². The van der Waals surface area contributed by atoms with Gasteiger partial charge < -0.3 is 17.2 Å². The summed E-state index contributed by atoms with van der Waals surface area (Å²) in [6.07, 6.45) is 3.40. The molecule has 0 saturated carbocycles. The Morgan fingerprint density at radius 3 is 2.69 bits per heavy atom. The maximum atomic E-state index is 6.03. The number of anilines is 1. The van der Waals surface area contributed by atoms with E-state index in [4.69, 9.17) is 17.2 Å². The molecule has 4 heteroatoms. The third-order valence-electron chi connectivity index (χ3n) is 2.19. The molecule has 16 heavy (non-hydrogen) atoms. The average molecular weight is 235 g/mol. The van der Waals surface area contributed by atoms with Crippen LogP contribution in [0.25, 0.3) is 5.70 Å². The van der Waals surface area contributed by atoms with Crippen LogP contribution in [0.5, 0.6) is 0 Å². The van der Waals surface area contributed by atoms with E-state index in [1.54, 1.807) is 18.3 Å². The van der Waals surface area contributed by atoms with Gasteiger partial charge in [-0.05, 0) is 13.3 Å². The van der Waals surface area contributed by atoms with Gasteiger partial charge in [-0.3, -0.25) is 0 Å². The highest BCUT2D eigenvalue weighted by Crippen LogP contribution is 2.34. The molecule has 3 nitrogen and oxygen atoms in total. The summed E-state index contributed by atoms with van der Waals surface area (Å²) in [5.74, 6) is 5.92. The van der Waals surface area contributed by atoms with Gasteiger partial charge in [-0.1, -0.05) is 19.3 Å². The molecule has 1 rings (SSSR count). The Labute approximate surface area is 100 Å². The van der Waals surface area contributed by atoms with Crippen LogP contribution in [0.4, 0.5) is 5.69 Å². The van der Waals surface area contributed by atoms with E-state index in [1.165, 1.54) is 11.1 Å². The second kappa shape index (κ2) is 5.47. The maximum Gasteiger partial charge on any atom is 0.0760 e. The summed E-state index contributed by atoms with van der Waals surface area (Å²) in [7, 11) is 0. The third kappa shape index (κ3) is 2.31. The number of hydrogen-bond donors (Lipinski definition) is 3. The van der Waals surface area contributed by atoms with Crippen molar-refractivity contribution in [1.82, 2.24) is 0 Å². The van der Waals surface area contributed by atoms with Crippen LogP contribution >= 0.6 is 11.3 Å². The zero-order chi connectivity index (χ0) is 12.1. The van der Waals surface area contributed by atoms with Crippen molar-refractivity contribution in [2.45, 2.75) is 26.7 Å². The van der Waals surface area contributed by atoms with Crippen molar-refractivity contribution in [3.8, 4) is 11.8 Å². The molecule has 0 aliphatic rings. The molecular weight excluding hydrogens is 218 g/mol. The van der Waals surface area contributed by atoms with Crippen molar-refractivity contribution in [3.63, 3.8) is 0 Å². The van der Waals surface area contributed by atoms with Crippen LogP contribution in [-0.2, 0) is 6.42 Å². The Hall–Kier alpha value is -1.60. The van der Waals surface area contributed by atoms with Crippen molar-refractivity contribution < 1.29 is 0 Å². The van der Waals surface area contributed by atoms with E-state index in [0.717, 1.165) is 23.3 Å². The van der Waals surface area contributed by atoms with Crippen LogP contribution in [0.1, 0.15) is 35.6 Å². The first-order valence-corrected chi connectivity index (χ1v) is 5.98. The van der Waals surface area contributed by atoms with E-state index in [9.17, 15) is 0 Å². The first-order valence-electron chi connectivity index (χ1n) is 5.17.